The van der Waals surface area contributed by atoms with Crippen molar-refractivity contribution in [3.63, 3.8) is 0 Å². The Morgan fingerprint density at radius 1 is 1.24 bits per heavy atom. The van der Waals surface area contributed by atoms with Gasteiger partial charge in [-0.25, -0.2) is 0 Å². The molecule has 4 heteroatoms. The molecule has 2 aromatic carbocycles. The van der Waals surface area contributed by atoms with Gasteiger partial charge in [0.25, 0.3) is 0 Å². The lowest BCUT2D eigenvalue weighted by Gasteiger charge is -2.18. The molecule has 2 N–H and O–H groups in total. The van der Waals surface area contributed by atoms with Gasteiger partial charge in [-0.2, -0.15) is 0 Å². The molecule has 1 aliphatic rings. The lowest BCUT2D eigenvalue weighted by atomic mass is 9.93. The Morgan fingerprint density at radius 2 is 2.00 bits per heavy atom. The van der Waals surface area contributed by atoms with Crippen molar-refractivity contribution in [2.45, 2.75) is 26.4 Å². The van der Waals surface area contributed by atoms with Gasteiger partial charge >= 0.3 is 0 Å². The first kappa shape index (κ1) is 14.1. The van der Waals surface area contributed by atoms with E-state index in [1.807, 2.05) is 38.1 Å². The minimum atomic E-state index is -0.793. The summed E-state index contributed by atoms with van der Waals surface area (Å²) in [6.07, 6.45) is -0.461. The van der Waals surface area contributed by atoms with E-state index in [0.717, 1.165) is 27.9 Å². The van der Waals surface area contributed by atoms with E-state index in [9.17, 15) is 9.90 Å². The molecule has 1 unspecified atom stereocenters. The molecule has 0 bridgehead atoms. The van der Waals surface area contributed by atoms with Gasteiger partial charge in [0.15, 0.2) is 0 Å². The first-order valence-electron chi connectivity index (χ1n) is 6.83. The first-order chi connectivity index (χ1) is 9.97. The van der Waals surface area contributed by atoms with Crippen molar-refractivity contribution in [1.29, 1.82) is 0 Å². The number of aliphatic hydroxyl groups is 1. The molecule has 108 valence electrons. The fourth-order valence-corrected chi connectivity index (χ4v) is 2.98. The second-order valence-corrected chi connectivity index (χ2v) is 5.85. The molecule has 1 atom stereocenters. The van der Waals surface area contributed by atoms with Crippen LogP contribution in [0, 0.1) is 13.8 Å². The van der Waals surface area contributed by atoms with E-state index >= 15 is 0 Å². The highest BCUT2D eigenvalue weighted by atomic mass is 35.5. The summed E-state index contributed by atoms with van der Waals surface area (Å²) in [5.74, 6) is -0.0422. The number of amides is 1. The van der Waals surface area contributed by atoms with E-state index in [4.69, 9.17) is 11.6 Å². The zero-order chi connectivity index (χ0) is 15.1. The lowest BCUT2D eigenvalue weighted by molar-refractivity contribution is -0.115. The third kappa shape index (κ3) is 2.43. The predicted octanol–water partition coefficient (Wildman–Crippen LogP) is 3.53. The molecule has 1 aliphatic heterocycles. The largest absolute Gasteiger partial charge is 0.384 e. The molecule has 3 rings (SSSR count). The number of fused-ring (bicyclic) bond motifs is 1. The lowest BCUT2D eigenvalue weighted by Crippen LogP contribution is -2.04. The van der Waals surface area contributed by atoms with Gasteiger partial charge < -0.3 is 10.4 Å². The minimum absolute atomic E-state index is 0.0422. The average molecular weight is 302 g/mol. The van der Waals surface area contributed by atoms with E-state index in [2.05, 4.69) is 5.32 Å². The SMILES string of the molecule is Cc1cccc(C(O)c2cc3c(cc2Cl)NC(=O)C3)c1C. The molecule has 3 nitrogen and oxygen atoms in total. The Hall–Kier alpha value is -1.84. The van der Waals surface area contributed by atoms with Crippen LogP contribution in [0.3, 0.4) is 0 Å². The van der Waals surface area contributed by atoms with Crippen LogP contribution in [0.15, 0.2) is 30.3 Å². The molecule has 1 amide bonds. The maximum Gasteiger partial charge on any atom is 0.228 e. The van der Waals surface area contributed by atoms with Crippen LogP contribution in [0.4, 0.5) is 5.69 Å². The fourth-order valence-electron chi connectivity index (χ4n) is 2.71. The standard InChI is InChI=1S/C17H16ClNO2/c1-9-4-3-5-12(10(9)2)17(21)13-6-11-7-16(20)19-15(11)8-14(13)18/h3-6,8,17,21H,7H2,1-2H3,(H,19,20). The molecule has 0 aromatic heterocycles. The van der Waals surface area contributed by atoms with Crippen LogP contribution in [0.25, 0.3) is 0 Å². The highest BCUT2D eigenvalue weighted by molar-refractivity contribution is 6.32. The molecule has 0 saturated carbocycles. The predicted molar refractivity (Wildman–Crippen MR) is 83.8 cm³/mol. The summed E-state index contributed by atoms with van der Waals surface area (Å²) >= 11 is 6.28. The molecule has 21 heavy (non-hydrogen) atoms. The number of carbonyl (C=O) groups excluding carboxylic acids is 1. The molecule has 2 aromatic rings. The minimum Gasteiger partial charge on any atom is -0.384 e. The van der Waals surface area contributed by atoms with Crippen LogP contribution >= 0.6 is 11.6 Å². The number of halogens is 1. The van der Waals surface area contributed by atoms with Gasteiger partial charge in [0.1, 0.15) is 6.10 Å². The van der Waals surface area contributed by atoms with E-state index < -0.39 is 6.10 Å². The average Bonchev–Trinajstić information content (AvgIpc) is 2.79. The van der Waals surface area contributed by atoms with Gasteiger partial charge in [0.05, 0.1) is 6.42 Å². The van der Waals surface area contributed by atoms with Crippen molar-refractivity contribution in [3.8, 4) is 0 Å². The van der Waals surface area contributed by atoms with E-state index in [0.29, 0.717) is 17.0 Å². The Bertz CT molecular complexity index is 740. The molecule has 0 radical (unpaired) electrons. The van der Waals surface area contributed by atoms with Crippen molar-refractivity contribution < 1.29 is 9.90 Å². The summed E-state index contributed by atoms with van der Waals surface area (Å²) in [6.45, 7) is 4.00. The number of anilines is 1. The number of nitrogens with one attached hydrogen (secondary N) is 1. The van der Waals surface area contributed by atoms with Gasteiger partial charge in [-0.05, 0) is 48.2 Å². The van der Waals surface area contributed by atoms with Gasteiger partial charge in [0, 0.05) is 16.3 Å². The molecule has 0 spiro atoms. The van der Waals surface area contributed by atoms with Crippen molar-refractivity contribution in [2.24, 2.45) is 0 Å². The van der Waals surface area contributed by atoms with Crippen LogP contribution in [-0.4, -0.2) is 11.0 Å². The van der Waals surface area contributed by atoms with Crippen LogP contribution in [0.1, 0.15) is 33.9 Å². The maximum atomic E-state index is 11.4. The Labute approximate surface area is 128 Å². The molecule has 0 aliphatic carbocycles. The zero-order valence-electron chi connectivity index (χ0n) is 11.9. The van der Waals surface area contributed by atoms with Crippen LogP contribution in [-0.2, 0) is 11.2 Å². The summed E-state index contributed by atoms with van der Waals surface area (Å²) in [6, 6.07) is 9.37. The van der Waals surface area contributed by atoms with Gasteiger partial charge in [-0.3, -0.25) is 4.79 Å². The highest BCUT2D eigenvalue weighted by Gasteiger charge is 2.23. The topological polar surface area (TPSA) is 49.3 Å². The van der Waals surface area contributed by atoms with Crippen molar-refractivity contribution in [1.82, 2.24) is 0 Å². The Kier molecular flexibility index (Phi) is 3.47. The molecule has 0 saturated heterocycles. The van der Waals surface area contributed by atoms with Crippen molar-refractivity contribution >= 4 is 23.2 Å². The zero-order valence-corrected chi connectivity index (χ0v) is 12.7. The summed E-state index contributed by atoms with van der Waals surface area (Å²) in [4.78, 5) is 11.4. The molecular formula is C17H16ClNO2. The van der Waals surface area contributed by atoms with E-state index in [1.54, 1.807) is 6.07 Å². The summed E-state index contributed by atoms with van der Waals surface area (Å²) in [7, 11) is 0. The molecule has 1 heterocycles. The first-order valence-corrected chi connectivity index (χ1v) is 7.21. The maximum absolute atomic E-state index is 11.4. The second-order valence-electron chi connectivity index (χ2n) is 5.45. The monoisotopic (exact) mass is 301 g/mol. The van der Waals surface area contributed by atoms with Crippen molar-refractivity contribution in [3.05, 3.63) is 63.2 Å². The number of hydrogen-bond donors (Lipinski definition) is 2. The fraction of sp³-hybridized carbons (Fsp3) is 0.235. The van der Waals surface area contributed by atoms with Crippen LogP contribution in [0.2, 0.25) is 5.02 Å². The number of aryl methyl sites for hydroxylation is 1. The summed E-state index contributed by atoms with van der Waals surface area (Å²) in [5.41, 5.74) is 5.27. The van der Waals surface area contributed by atoms with Gasteiger partial charge in [-0.15, -0.1) is 0 Å². The molecule has 0 fully saturated rings. The smallest absolute Gasteiger partial charge is 0.228 e. The quantitative estimate of drug-likeness (QED) is 0.891. The third-order valence-electron chi connectivity index (χ3n) is 4.08. The summed E-state index contributed by atoms with van der Waals surface area (Å²) in [5, 5.41) is 13.9. The second kappa shape index (κ2) is 5.17. The number of benzene rings is 2. The van der Waals surface area contributed by atoms with Gasteiger partial charge in [0.2, 0.25) is 5.91 Å². The number of hydrogen-bond acceptors (Lipinski definition) is 2. The number of aliphatic hydroxyl groups excluding tert-OH is 1. The molecular weight excluding hydrogens is 286 g/mol. The van der Waals surface area contributed by atoms with Crippen LogP contribution < -0.4 is 5.32 Å². The normalized spacial score (nSPS) is 14.8. The van der Waals surface area contributed by atoms with E-state index in [1.165, 1.54) is 0 Å². The van der Waals surface area contributed by atoms with E-state index in [-0.39, 0.29) is 5.91 Å². The summed E-state index contributed by atoms with van der Waals surface area (Å²) < 4.78 is 0. The number of carbonyl (C=O) groups is 1. The Morgan fingerprint density at radius 3 is 2.76 bits per heavy atom. The van der Waals surface area contributed by atoms with Gasteiger partial charge in [-0.1, -0.05) is 29.8 Å². The van der Waals surface area contributed by atoms with Crippen molar-refractivity contribution in [2.75, 3.05) is 5.32 Å². The third-order valence-corrected chi connectivity index (χ3v) is 4.41. The Balaban J connectivity index is 2.06. The number of rotatable bonds is 2. The van der Waals surface area contributed by atoms with Crippen LogP contribution in [0.5, 0.6) is 0 Å². The highest BCUT2D eigenvalue weighted by Crippen LogP contribution is 2.36.